The second-order valence-electron chi connectivity index (χ2n) is 3.85. The second-order valence-corrected chi connectivity index (χ2v) is 3.85. The second kappa shape index (κ2) is 4.47. The number of fused-ring (bicyclic) bond motifs is 1. The molecule has 1 unspecified atom stereocenters. The number of benzene rings is 1. The van der Waals surface area contributed by atoms with Gasteiger partial charge in [-0.2, -0.15) is 0 Å². The quantitative estimate of drug-likeness (QED) is 0.793. The van der Waals surface area contributed by atoms with Crippen molar-refractivity contribution >= 4 is 0 Å². The highest BCUT2D eigenvalue weighted by atomic mass is 16.5. The van der Waals surface area contributed by atoms with Gasteiger partial charge < -0.3 is 9.84 Å². The van der Waals surface area contributed by atoms with Gasteiger partial charge >= 0.3 is 0 Å². The molecule has 0 spiro atoms. The van der Waals surface area contributed by atoms with E-state index in [4.69, 9.17) is 9.84 Å². The average Bonchev–Trinajstić information content (AvgIpc) is 2.26. The zero-order chi connectivity index (χ0) is 9.80. The van der Waals surface area contributed by atoms with Crippen LogP contribution in [-0.4, -0.2) is 18.3 Å². The third-order valence-corrected chi connectivity index (χ3v) is 2.73. The summed E-state index contributed by atoms with van der Waals surface area (Å²) in [5, 5.41) is 8.75. The maximum absolute atomic E-state index is 8.75. The summed E-state index contributed by atoms with van der Waals surface area (Å²) < 4.78 is 5.65. The van der Waals surface area contributed by atoms with Gasteiger partial charge in [-0.05, 0) is 36.8 Å². The van der Waals surface area contributed by atoms with Gasteiger partial charge in [0.15, 0.2) is 0 Å². The van der Waals surface area contributed by atoms with E-state index in [0.717, 1.165) is 31.6 Å². The molecule has 1 aliphatic heterocycles. The maximum atomic E-state index is 8.75. The van der Waals surface area contributed by atoms with Gasteiger partial charge in [0.2, 0.25) is 0 Å². The molecule has 2 nitrogen and oxygen atoms in total. The molecule has 0 aromatic heterocycles. The molecular formula is C12H16O2. The van der Waals surface area contributed by atoms with Gasteiger partial charge in [-0.3, -0.25) is 0 Å². The number of rotatable bonds is 3. The standard InChI is InChI=1S/C12H16O2/c13-7-3-4-10-8-11-5-1-2-6-12(11)14-9-10/h1-2,5-6,10,13H,3-4,7-9H2. The van der Waals surface area contributed by atoms with E-state index in [2.05, 4.69) is 12.1 Å². The van der Waals surface area contributed by atoms with Gasteiger partial charge in [-0.15, -0.1) is 0 Å². The zero-order valence-corrected chi connectivity index (χ0v) is 8.28. The molecule has 0 amide bonds. The van der Waals surface area contributed by atoms with E-state index in [1.165, 1.54) is 5.56 Å². The smallest absolute Gasteiger partial charge is 0.122 e. The van der Waals surface area contributed by atoms with Crippen LogP contribution in [0.4, 0.5) is 0 Å². The largest absolute Gasteiger partial charge is 0.493 e. The van der Waals surface area contributed by atoms with Crippen LogP contribution < -0.4 is 4.74 Å². The highest BCUT2D eigenvalue weighted by Gasteiger charge is 2.18. The molecule has 1 N–H and O–H groups in total. The third kappa shape index (κ3) is 2.07. The first kappa shape index (κ1) is 9.53. The number of hydrogen-bond acceptors (Lipinski definition) is 2. The van der Waals surface area contributed by atoms with E-state index in [9.17, 15) is 0 Å². The Labute approximate surface area is 84.5 Å². The number of hydrogen-bond donors (Lipinski definition) is 1. The van der Waals surface area contributed by atoms with Gasteiger partial charge in [-0.1, -0.05) is 18.2 Å². The van der Waals surface area contributed by atoms with Gasteiger partial charge in [0.05, 0.1) is 6.61 Å². The summed E-state index contributed by atoms with van der Waals surface area (Å²) in [6.45, 7) is 1.09. The summed E-state index contributed by atoms with van der Waals surface area (Å²) in [6, 6.07) is 8.21. The Kier molecular flexibility index (Phi) is 3.04. The summed E-state index contributed by atoms with van der Waals surface area (Å²) in [5.41, 5.74) is 1.31. The third-order valence-electron chi connectivity index (χ3n) is 2.73. The van der Waals surface area contributed by atoms with Crippen LogP contribution in [0.25, 0.3) is 0 Å². The van der Waals surface area contributed by atoms with E-state index in [-0.39, 0.29) is 6.61 Å². The minimum absolute atomic E-state index is 0.290. The van der Waals surface area contributed by atoms with Crippen LogP contribution in [0.2, 0.25) is 0 Å². The van der Waals surface area contributed by atoms with Crippen molar-refractivity contribution in [3.05, 3.63) is 29.8 Å². The van der Waals surface area contributed by atoms with E-state index in [1.807, 2.05) is 12.1 Å². The van der Waals surface area contributed by atoms with Crippen molar-refractivity contribution in [1.29, 1.82) is 0 Å². The zero-order valence-electron chi connectivity index (χ0n) is 8.28. The topological polar surface area (TPSA) is 29.5 Å². The Morgan fingerprint density at radius 3 is 3.07 bits per heavy atom. The van der Waals surface area contributed by atoms with E-state index < -0.39 is 0 Å². The van der Waals surface area contributed by atoms with Crippen LogP contribution in [0.3, 0.4) is 0 Å². The Hall–Kier alpha value is -1.02. The fraction of sp³-hybridized carbons (Fsp3) is 0.500. The summed E-state index contributed by atoms with van der Waals surface area (Å²) in [4.78, 5) is 0. The Bertz CT molecular complexity index is 296. The molecule has 1 aliphatic rings. The normalized spacial score (nSPS) is 19.9. The van der Waals surface area contributed by atoms with E-state index >= 15 is 0 Å². The maximum Gasteiger partial charge on any atom is 0.122 e. The van der Waals surface area contributed by atoms with Crippen LogP contribution in [0.1, 0.15) is 18.4 Å². The Morgan fingerprint density at radius 2 is 2.21 bits per heavy atom. The van der Waals surface area contributed by atoms with Crippen molar-refractivity contribution in [2.24, 2.45) is 5.92 Å². The lowest BCUT2D eigenvalue weighted by Crippen LogP contribution is -2.20. The predicted molar refractivity (Wildman–Crippen MR) is 55.5 cm³/mol. The first-order valence-corrected chi connectivity index (χ1v) is 5.21. The van der Waals surface area contributed by atoms with Gasteiger partial charge in [0.1, 0.15) is 5.75 Å². The van der Waals surface area contributed by atoms with Gasteiger partial charge in [0.25, 0.3) is 0 Å². The molecule has 1 atom stereocenters. The van der Waals surface area contributed by atoms with Crippen LogP contribution in [0.5, 0.6) is 5.75 Å². The number of para-hydroxylation sites is 1. The molecule has 0 saturated carbocycles. The molecule has 0 aliphatic carbocycles. The summed E-state index contributed by atoms with van der Waals surface area (Å²) in [5.74, 6) is 1.62. The van der Waals surface area contributed by atoms with Gasteiger partial charge in [-0.25, -0.2) is 0 Å². The lowest BCUT2D eigenvalue weighted by Gasteiger charge is -2.24. The molecule has 2 heteroatoms. The molecule has 76 valence electrons. The fourth-order valence-corrected chi connectivity index (χ4v) is 1.96. The lowest BCUT2D eigenvalue weighted by atomic mass is 9.93. The molecule has 0 bridgehead atoms. The van der Waals surface area contributed by atoms with E-state index in [1.54, 1.807) is 0 Å². The van der Waals surface area contributed by atoms with Crippen molar-refractivity contribution in [2.75, 3.05) is 13.2 Å². The summed E-state index contributed by atoms with van der Waals surface area (Å²) >= 11 is 0. The van der Waals surface area contributed by atoms with Gasteiger partial charge in [0, 0.05) is 6.61 Å². The van der Waals surface area contributed by atoms with Crippen LogP contribution >= 0.6 is 0 Å². The highest BCUT2D eigenvalue weighted by Crippen LogP contribution is 2.28. The van der Waals surface area contributed by atoms with Crippen molar-refractivity contribution in [2.45, 2.75) is 19.3 Å². The number of aliphatic hydroxyl groups is 1. The van der Waals surface area contributed by atoms with Crippen LogP contribution in [0.15, 0.2) is 24.3 Å². The Balaban J connectivity index is 1.99. The Morgan fingerprint density at radius 1 is 1.36 bits per heavy atom. The molecular weight excluding hydrogens is 176 g/mol. The first-order chi connectivity index (χ1) is 6.90. The predicted octanol–water partition coefficient (Wildman–Crippen LogP) is 2.01. The van der Waals surface area contributed by atoms with Crippen molar-refractivity contribution in [1.82, 2.24) is 0 Å². The fourth-order valence-electron chi connectivity index (χ4n) is 1.96. The molecule has 0 radical (unpaired) electrons. The minimum atomic E-state index is 0.290. The minimum Gasteiger partial charge on any atom is -0.493 e. The molecule has 1 aromatic rings. The summed E-state index contributed by atoms with van der Waals surface area (Å²) in [6.07, 6.45) is 3.04. The molecule has 2 rings (SSSR count). The lowest BCUT2D eigenvalue weighted by molar-refractivity contribution is 0.197. The van der Waals surface area contributed by atoms with Crippen molar-refractivity contribution in [3.63, 3.8) is 0 Å². The SMILES string of the molecule is OCCCC1COc2ccccc2C1. The van der Waals surface area contributed by atoms with Crippen molar-refractivity contribution < 1.29 is 9.84 Å². The van der Waals surface area contributed by atoms with Crippen LogP contribution in [-0.2, 0) is 6.42 Å². The molecule has 1 aromatic carbocycles. The summed E-state index contributed by atoms with van der Waals surface area (Å²) in [7, 11) is 0. The molecule has 0 fully saturated rings. The number of ether oxygens (including phenoxy) is 1. The number of aliphatic hydroxyl groups excluding tert-OH is 1. The van der Waals surface area contributed by atoms with Crippen LogP contribution in [0, 0.1) is 5.92 Å². The molecule has 0 saturated heterocycles. The molecule has 1 heterocycles. The monoisotopic (exact) mass is 192 g/mol. The highest BCUT2D eigenvalue weighted by molar-refractivity contribution is 5.34. The molecule has 14 heavy (non-hydrogen) atoms. The first-order valence-electron chi connectivity index (χ1n) is 5.21. The van der Waals surface area contributed by atoms with E-state index in [0.29, 0.717) is 5.92 Å². The van der Waals surface area contributed by atoms with Crippen molar-refractivity contribution in [3.8, 4) is 5.75 Å². The average molecular weight is 192 g/mol.